The first-order valence-corrected chi connectivity index (χ1v) is 11.4. The summed E-state index contributed by atoms with van der Waals surface area (Å²) in [4.78, 5) is 17.3. The van der Waals surface area contributed by atoms with Crippen LogP contribution in [0.3, 0.4) is 0 Å². The molecule has 4 rings (SSSR count). The number of carbonyl (C=O) groups is 1. The van der Waals surface area contributed by atoms with Gasteiger partial charge in [-0.05, 0) is 49.1 Å². The van der Waals surface area contributed by atoms with Crippen molar-refractivity contribution in [1.82, 2.24) is 9.80 Å². The van der Waals surface area contributed by atoms with Gasteiger partial charge in [0.2, 0.25) is 0 Å². The fourth-order valence-electron chi connectivity index (χ4n) is 4.69. The first kappa shape index (κ1) is 21.3. The van der Waals surface area contributed by atoms with E-state index in [0.29, 0.717) is 12.0 Å². The number of hydrogen-bond donors (Lipinski definition) is 0. The van der Waals surface area contributed by atoms with E-state index in [-0.39, 0.29) is 5.91 Å². The maximum absolute atomic E-state index is 12.8. The quantitative estimate of drug-likeness (QED) is 0.515. The summed E-state index contributed by atoms with van der Waals surface area (Å²) < 4.78 is 0. The molecular formula is C28H32N2O. The minimum absolute atomic E-state index is 0.132. The largest absolute Gasteiger partial charge is 0.339 e. The van der Waals surface area contributed by atoms with Crippen molar-refractivity contribution in [3.8, 4) is 0 Å². The number of carbonyl (C=O) groups excluding carboxylic acids is 1. The van der Waals surface area contributed by atoms with Crippen molar-refractivity contribution in [1.29, 1.82) is 0 Å². The zero-order valence-electron chi connectivity index (χ0n) is 18.4. The number of amides is 1. The van der Waals surface area contributed by atoms with Gasteiger partial charge in [0.1, 0.15) is 0 Å². The average molecular weight is 413 g/mol. The molecule has 3 aromatic rings. The van der Waals surface area contributed by atoms with Crippen LogP contribution in [0, 0.1) is 0 Å². The molecule has 1 fully saturated rings. The zero-order valence-corrected chi connectivity index (χ0v) is 18.4. The molecule has 0 spiro atoms. The first-order chi connectivity index (χ1) is 15.2. The Kier molecular flexibility index (Phi) is 7.16. The van der Waals surface area contributed by atoms with Crippen LogP contribution in [0.1, 0.15) is 46.7 Å². The van der Waals surface area contributed by atoms with Gasteiger partial charge in [0.15, 0.2) is 0 Å². The summed E-state index contributed by atoms with van der Waals surface area (Å²) >= 11 is 0. The van der Waals surface area contributed by atoms with E-state index in [1.54, 1.807) is 0 Å². The molecular weight excluding hydrogens is 380 g/mol. The maximum atomic E-state index is 12.8. The van der Waals surface area contributed by atoms with Crippen molar-refractivity contribution in [2.45, 2.75) is 31.2 Å². The highest BCUT2D eigenvalue weighted by atomic mass is 16.2. The highest BCUT2D eigenvalue weighted by Crippen LogP contribution is 2.29. The third kappa shape index (κ3) is 5.42. The number of piperidine rings is 1. The Morgan fingerprint density at radius 2 is 1.32 bits per heavy atom. The normalized spacial score (nSPS) is 15.2. The highest BCUT2D eigenvalue weighted by Gasteiger charge is 2.26. The molecule has 0 atom stereocenters. The summed E-state index contributed by atoms with van der Waals surface area (Å²) in [7, 11) is 1.95. The predicted octanol–water partition coefficient (Wildman–Crippen LogP) is 5.45. The van der Waals surface area contributed by atoms with Crippen molar-refractivity contribution in [3.63, 3.8) is 0 Å². The van der Waals surface area contributed by atoms with E-state index in [4.69, 9.17) is 0 Å². The smallest absolute Gasteiger partial charge is 0.253 e. The van der Waals surface area contributed by atoms with Gasteiger partial charge in [-0.3, -0.25) is 4.79 Å². The average Bonchev–Trinajstić information content (AvgIpc) is 2.85. The van der Waals surface area contributed by atoms with Crippen LogP contribution in [-0.4, -0.2) is 48.4 Å². The van der Waals surface area contributed by atoms with Crippen LogP contribution in [0.15, 0.2) is 91.0 Å². The Morgan fingerprint density at radius 3 is 1.84 bits per heavy atom. The molecule has 31 heavy (non-hydrogen) atoms. The van der Waals surface area contributed by atoms with Gasteiger partial charge >= 0.3 is 0 Å². The minimum Gasteiger partial charge on any atom is -0.339 e. The third-order valence-electron chi connectivity index (χ3n) is 6.58. The van der Waals surface area contributed by atoms with E-state index in [2.05, 4.69) is 65.6 Å². The number of rotatable bonds is 7. The Bertz CT molecular complexity index is 895. The Labute approximate surface area is 186 Å². The summed E-state index contributed by atoms with van der Waals surface area (Å²) in [5.41, 5.74) is 3.55. The fourth-order valence-corrected chi connectivity index (χ4v) is 4.69. The zero-order chi connectivity index (χ0) is 21.5. The molecule has 1 aliphatic rings. The minimum atomic E-state index is 0.132. The monoisotopic (exact) mass is 412 g/mol. The van der Waals surface area contributed by atoms with E-state index < -0.39 is 0 Å². The number of nitrogens with zero attached hydrogens (tertiary/aromatic N) is 2. The van der Waals surface area contributed by atoms with Crippen LogP contribution >= 0.6 is 0 Å². The number of benzene rings is 3. The lowest BCUT2D eigenvalue weighted by Gasteiger charge is -2.37. The molecule has 1 saturated heterocycles. The summed E-state index contributed by atoms with van der Waals surface area (Å²) in [6.45, 7) is 3.18. The van der Waals surface area contributed by atoms with E-state index in [1.807, 2.05) is 42.3 Å². The van der Waals surface area contributed by atoms with E-state index in [1.165, 1.54) is 11.1 Å². The molecule has 0 bridgehead atoms. The lowest BCUT2D eigenvalue weighted by Crippen LogP contribution is -2.45. The second kappa shape index (κ2) is 10.4. The van der Waals surface area contributed by atoms with Crippen molar-refractivity contribution >= 4 is 5.91 Å². The summed E-state index contributed by atoms with van der Waals surface area (Å²) in [6, 6.07) is 31.6. The van der Waals surface area contributed by atoms with Crippen LogP contribution in [0.25, 0.3) is 0 Å². The molecule has 3 aromatic carbocycles. The summed E-state index contributed by atoms with van der Waals surface area (Å²) in [5, 5.41) is 0. The molecule has 0 N–H and O–H groups in total. The molecule has 0 aromatic heterocycles. The fraction of sp³-hybridized carbons (Fsp3) is 0.321. The predicted molar refractivity (Wildman–Crippen MR) is 127 cm³/mol. The second-order valence-corrected chi connectivity index (χ2v) is 8.52. The lowest BCUT2D eigenvalue weighted by atomic mass is 9.88. The van der Waals surface area contributed by atoms with Gasteiger partial charge in [-0.2, -0.15) is 0 Å². The maximum Gasteiger partial charge on any atom is 0.253 e. The van der Waals surface area contributed by atoms with Crippen LogP contribution < -0.4 is 0 Å². The van der Waals surface area contributed by atoms with Gasteiger partial charge in [0.25, 0.3) is 5.91 Å². The SMILES string of the molecule is CN(C(=O)c1ccccc1)C1CCN(CCC(c2ccccc2)c2ccccc2)CC1. The topological polar surface area (TPSA) is 23.6 Å². The molecule has 0 radical (unpaired) electrons. The van der Waals surface area contributed by atoms with Crippen molar-refractivity contribution in [2.75, 3.05) is 26.7 Å². The summed E-state index contributed by atoms with van der Waals surface area (Å²) in [5.74, 6) is 0.551. The molecule has 0 unspecified atom stereocenters. The summed E-state index contributed by atoms with van der Waals surface area (Å²) in [6.07, 6.45) is 3.18. The standard InChI is InChI=1S/C28H32N2O/c1-29(28(31)25-15-9-4-10-16-25)26-17-20-30(21-18-26)22-19-27(23-11-5-2-6-12-23)24-13-7-3-8-14-24/h2-16,26-27H,17-22H2,1H3. The Balaban J connectivity index is 1.33. The van der Waals surface area contributed by atoms with Gasteiger partial charge < -0.3 is 9.80 Å². The van der Waals surface area contributed by atoms with Crippen LogP contribution in [-0.2, 0) is 0 Å². The third-order valence-corrected chi connectivity index (χ3v) is 6.58. The molecule has 3 heteroatoms. The van der Waals surface area contributed by atoms with Gasteiger partial charge in [0.05, 0.1) is 0 Å². The molecule has 0 aliphatic carbocycles. The highest BCUT2D eigenvalue weighted by molar-refractivity contribution is 5.94. The molecule has 1 heterocycles. The molecule has 1 aliphatic heterocycles. The molecule has 3 nitrogen and oxygen atoms in total. The first-order valence-electron chi connectivity index (χ1n) is 11.4. The van der Waals surface area contributed by atoms with Gasteiger partial charge in [0, 0.05) is 37.7 Å². The van der Waals surface area contributed by atoms with E-state index in [0.717, 1.165) is 44.5 Å². The Morgan fingerprint density at radius 1 is 0.839 bits per heavy atom. The second-order valence-electron chi connectivity index (χ2n) is 8.52. The van der Waals surface area contributed by atoms with Gasteiger partial charge in [-0.15, -0.1) is 0 Å². The van der Waals surface area contributed by atoms with E-state index in [9.17, 15) is 4.79 Å². The van der Waals surface area contributed by atoms with Crippen molar-refractivity contribution < 1.29 is 4.79 Å². The van der Waals surface area contributed by atoms with E-state index >= 15 is 0 Å². The van der Waals surface area contributed by atoms with Crippen LogP contribution in [0.2, 0.25) is 0 Å². The molecule has 160 valence electrons. The Hall–Kier alpha value is -2.91. The number of likely N-dealkylation sites (tertiary alicyclic amines) is 1. The van der Waals surface area contributed by atoms with Crippen LogP contribution in [0.5, 0.6) is 0 Å². The van der Waals surface area contributed by atoms with Gasteiger partial charge in [-0.25, -0.2) is 0 Å². The number of hydrogen-bond acceptors (Lipinski definition) is 2. The van der Waals surface area contributed by atoms with Gasteiger partial charge in [-0.1, -0.05) is 78.9 Å². The lowest BCUT2D eigenvalue weighted by molar-refractivity contribution is 0.0641. The van der Waals surface area contributed by atoms with Crippen LogP contribution in [0.4, 0.5) is 0 Å². The van der Waals surface area contributed by atoms with Crippen molar-refractivity contribution in [3.05, 3.63) is 108 Å². The van der Waals surface area contributed by atoms with Crippen molar-refractivity contribution in [2.24, 2.45) is 0 Å². The molecule has 1 amide bonds. The molecule has 0 saturated carbocycles.